The Labute approximate surface area is 159 Å². The number of amides is 1. The first kappa shape index (κ1) is 19.2. The number of carbonyl (C=O) groups excluding carboxylic acids is 1. The fourth-order valence-corrected chi connectivity index (χ4v) is 3.85. The summed E-state index contributed by atoms with van der Waals surface area (Å²) in [6.07, 6.45) is -0.533. The van der Waals surface area contributed by atoms with Crippen LogP contribution in [0.3, 0.4) is 0 Å². The minimum atomic E-state index is -4.40. The van der Waals surface area contributed by atoms with Crippen LogP contribution in [0.4, 0.5) is 13.2 Å². The number of nitrogens with zero attached hydrogens (tertiary/aromatic N) is 1. The van der Waals surface area contributed by atoms with Crippen LogP contribution in [0.15, 0.2) is 48.6 Å². The lowest BCUT2D eigenvalue weighted by atomic mass is 10.1. The zero-order valence-corrected chi connectivity index (χ0v) is 15.7. The minimum absolute atomic E-state index is 0.0320. The van der Waals surface area contributed by atoms with Crippen LogP contribution in [0.25, 0.3) is 10.2 Å². The number of allylic oxidation sites excluding steroid dienone is 2. The average Bonchev–Trinajstić information content (AvgIpc) is 3.13. The van der Waals surface area contributed by atoms with Gasteiger partial charge in [0.15, 0.2) is 0 Å². The summed E-state index contributed by atoms with van der Waals surface area (Å²) >= 11 is 1.61. The van der Waals surface area contributed by atoms with E-state index in [-0.39, 0.29) is 12.5 Å². The van der Waals surface area contributed by atoms with Gasteiger partial charge in [0.05, 0.1) is 15.8 Å². The SMILES string of the molecule is C/C=C/Cn1c(C(=O)NCc2cccc(C(F)(F)F)c2)cc2sc(C)cc21. The Morgan fingerprint density at radius 1 is 1.26 bits per heavy atom. The molecule has 0 radical (unpaired) electrons. The highest BCUT2D eigenvalue weighted by Gasteiger charge is 2.30. The summed E-state index contributed by atoms with van der Waals surface area (Å²) in [6, 6.07) is 8.85. The van der Waals surface area contributed by atoms with Crippen molar-refractivity contribution < 1.29 is 18.0 Å². The Morgan fingerprint density at radius 3 is 2.74 bits per heavy atom. The van der Waals surface area contributed by atoms with Crippen LogP contribution < -0.4 is 5.32 Å². The molecule has 0 fully saturated rings. The Balaban J connectivity index is 1.81. The topological polar surface area (TPSA) is 34.0 Å². The fourth-order valence-electron chi connectivity index (χ4n) is 2.89. The van der Waals surface area contributed by atoms with E-state index in [0.29, 0.717) is 17.8 Å². The number of hydrogen-bond donors (Lipinski definition) is 1. The monoisotopic (exact) mass is 392 g/mol. The van der Waals surface area contributed by atoms with Crippen molar-refractivity contribution in [2.45, 2.75) is 33.1 Å². The van der Waals surface area contributed by atoms with E-state index in [9.17, 15) is 18.0 Å². The number of benzene rings is 1. The molecule has 1 N–H and O–H groups in total. The quantitative estimate of drug-likeness (QED) is 0.569. The molecule has 27 heavy (non-hydrogen) atoms. The molecule has 0 unspecified atom stereocenters. The van der Waals surface area contributed by atoms with Gasteiger partial charge in [-0.25, -0.2) is 0 Å². The van der Waals surface area contributed by atoms with Crippen molar-refractivity contribution in [3.8, 4) is 0 Å². The second kappa shape index (κ2) is 7.60. The summed E-state index contributed by atoms with van der Waals surface area (Å²) in [4.78, 5) is 13.8. The van der Waals surface area contributed by atoms with E-state index in [1.165, 1.54) is 6.07 Å². The number of alkyl halides is 3. The summed E-state index contributed by atoms with van der Waals surface area (Å²) < 4.78 is 41.4. The van der Waals surface area contributed by atoms with E-state index in [0.717, 1.165) is 27.2 Å². The molecule has 142 valence electrons. The van der Waals surface area contributed by atoms with Gasteiger partial charge in [-0.05, 0) is 43.7 Å². The van der Waals surface area contributed by atoms with Crippen molar-refractivity contribution in [1.29, 1.82) is 0 Å². The van der Waals surface area contributed by atoms with Crippen LogP contribution in [0, 0.1) is 6.92 Å². The molecule has 0 atom stereocenters. The first-order chi connectivity index (χ1) is 12.8. The predicted molar refractivity (Wildman–Crippen MR) is 102 cm³/mol. The molecule has 1 aromatic carbocycles. The molecule has 3 rings (SSSR count). The molecule has 0 saturated carbocycles. The first-order valence-electron chi connectivity index (χ1n) is 8.44. The van der Waals surface area contributed by atoms with Gasteiger partial charge in [-0.1, -0.05) is 24.3 Å². The molecule has 2 heterocycles. The van der Waals surface area contributed by atoms with Crippen molar-refractivity contribution in [3.63, 3.8) is 0 Å². The third-order valence-corrected chi connectivity index (χ3v) is 5.16. The van der Waals surface area contributed by atoms with Crippen molar-refractivity contribution in [2.24, 2.45) is 0 Å². The lowest BCUT2D eigenvalue weighted by Crippen LogP contribution is -2.25. The van der Waals surface area contributed by atoms with E-state index < -0.39 is 11.7 Å². The maximum absolute atomic E-state index is 12.8. The summed E-state index contributed by atoms with van der Waals surface area (Å²) in [5.74, 6) is -0.307. The third kappa shape index (κ3) is 4.24. The number of hydrogen-bond acceptors (Lipinski definition) is 2. The average molecular weight is 392 g/mol. The molecular weight excluding hydrogens is 373 g/mol. The van der Waals surface area contributed by atoms with Crippen LogP contribution in [-0.2, 0) is 19.3 Å². The van der Waals surface area contributed by atoms with Crippen molar-refractivity contribution >= 4 is 27.5 Å². The second-order valence-corrected chi connectivity index (χ2v) is 7.48. The van der Waals surface area contributed by atoms with E-state index in [1.807, 2.05) is 42.7 Å². The zero-order chi connectivity index (χ0) is 19.6. The Kier molecular flexibility index (Phi) is 5.41. The highest BCUT2D eigenvalue weighted by molar-refractivity contribution is 7.19. The number of thiophene rings is 1. The van der Waals surface area contributed by atoms with Crippen LogP contribution in [-0.4, -0.2) is 10.5 Å². The fraction of sp³-hybridized carbons (Fsp3) is 0.250. The molecule has 2 aromatic heterocycles. The van der Waals surface area contributed by atoms with E-state index in [2.05, 4.69) is 5.32 Å². The second-order valence-electron chi connectivity index (χ2n) is 6.20. The van der Waals surface area contributed by atoms with Gasteiger partial charge in [0, 0.05) is 18.0 Å². The number of carbonyl (C=O) groups is 1. The van der Waals surface area contributed by atoms with Crippen LogP contribution in [0.5, 0.6) is 0 Å². The number of aryl methyl sites for hydroxylation is 1. The molecule has 0 bridgehead atoms. The van der Waals surface area contributed by atoms with Crippen molar-refractivity contribution in [2.75, 3.05) is 0 Å². The molecule has 0 aliphatic rings. The van der Waals surface area contributed by atoms with Gasteiger partial charge in [0.2, 0.25) is 0 Å². The van der Waals surface area contributed by atoms with E-state index in [1.54, 1.807) is 17.4 Å². The number of nitrogens with one attached hydrogen (secondary N) is 1. The molecule has 3 nitrogen and oxygen atoms in total. The molecule has 0 aliphatic heterocycles. The Hall–Kier alpha value is -2.54. The van der Waals surface area contributed by atoms with Crippen molar-refractivity contribution in [1.82, 2.24) is 9.88 Å². The van der Waals surface area contributed by atoms with Gasteiger partial charge in [-0.2, -0.15) is 13.2 Å². The standard InChI is InChI=1S/C20H19F3N2OS/c1-3-4-8-25-16-9-13(2)27-18(16)11-17(25)19(26)24-12-14-6-5-7-15(10-14)20(21,22)23/h3-7,9-11H,8,12H2,1-2H3,(H,24,26)/b4-3+. The predicted octanol–water partition coefficient (Wildman–Crippen LogP) is 5.54. The molecule has 3 aromatic rings. The summed E-state index contributed by atoms with van der Waals surface area (Å²) in [7, 11) is 0. The number of rotatable bonds is 5. The van der Waals surface area contributed by atoms with Crippen LogP contribution in [0.2, 0.25) is 0 Å². The highest BCUT2D eigenvalue weighted by atomic mass is 32.1. The molecule has 0 spiro atoms. The number of aromatic nitrogens is 1. The van der Waals surface area contributed by atoms with Crippen LogP contribution in [0.1, 0.15) is 33.4 Å². The molecule has 7 heteroatoms. The van der Waals surface area contributed by atoms with Gasteiger partial charge in [0.1, 0.15) is 5.69 Å². The summed E-state index contributed by atoms with van der Waals surface area (Å²) in [5, 5.41) is 2.73. The molecule has 1 amide bonds. The van der Waals surface area contributed by atoms with E-state index >= 15 is 0 Å². The van der Waals surface area contributed by atoms with E-state index in [4.69, 9.17) is 0 Å². The van der Waals surface area contributed by atoms with Gasteiger partial charge >= 0.3 is 6.18 Å². The smallest absolute Gasteiger partial charge is 0.347 e. The highest BCUT2D eigenvalue weighted by Crippen LogP contribution is 2.30. The lowest BCUT2D eigenvalue weighted by Gasteiger charge is -2.11. The van der Waals surface area contributed by atoms with Crippen LogP contribution >= 0.6 is 11.3 Å². The maximum atomic E-state index is 12.8. The van der Waals surface area contributed by atoms with Gasteiger partial charge in [-0.15, -0.1) is 11.3 Å². The van der Waals surface area contributed by atoms with Gasteiger partial charge < -0.3 is 9.88 Å². The molecule has 0 aliphatic carbocycles. The van der Waals surface area contributed by atoms with Crippen molar-refractivity contribution in [3.05, 3.63) is 70.2 Å². The minimum Gasteiger partial charge on any atom is -0.347 e. The largest absolute Gasteiger partial charge is 0.416 e. The Bertz CT molecular complexity index is 998. The Morgan fingerprint density at radius 2 is 2.04 bits per heavy atom. The van der Waals surface area contributed by atoms with Gasteiger partial charge in [-0.3, -0.25) is 4.79 Å². The number of halogens is 3. The first-order valence-corrected chi connectivity index (χ1v) is 9.26. The normalized spacial score (nSPS) is 12.2. The summed E-state index contributed by atoms with van der Waals surface area (Å²) in [5.41, 5.74) is 1.17. The lowest BCUT2D eigenvalue weighted by molar-refractivity contribution is -0.137. The summed E-state index contributed by atoms with van der Waals surface area (Å²) in [6.45, 7) is 4.51. The van der Waals surface area contributed by atoms with Gasteiger partial charge in [0.25, 0.3) is 5.91 Å². The third-order valence-electron chi connectivity index (χ3n) is 4.18. The number of fused-ring (bicyclic) bond motifs is 1. The zero-order valence-electron chi connectivity index (χ0n) is 14.9. The maximum Gasteiger partial charge on any atom is 0.416 e. The molecule has 0 saturated heterocycles. The molecular formula is C20H19F3N2OS.